The maximum absolute atomic E-state index is 13.8. The van der Waals surface area contributed by atoms with E-state index in [-0.39, 0.29) is 17.7 Å². The van der Waals surface area contributed by atoms with Gasteiger partial charge in [-0.3, -0.25) is 14.6 Å². The summed E-state index contributed by atoms with van der Waals surface area (Å²) in [6, 6.07) is 20.1. The zero-order valence-electron chi connectivity index (χ0n) is 21.4. The molecule has 0 aliphatic heterocycles. The van der Waals surface area contributed by atoms with Crippen LogP contribution in [0.25, 0.3) is 21.7 Å². The minimum Gasteiger partial charge on any atom is -0.495 e. The number of benzene rings is 3. The number of rotatable bonds is 6. The summed E-state index contributed by atoms with van der Waals surface area (Å²) in [5.41, 5.74) is 2.94. The van der Waals surface area contributed by atoms with Crippen molar-refractivity contribution in [3.05, 3.63) is 100 Å². The molecule has 1 amide bonds. The molecule has 196 valence electrons. The van der Waals surface area contributed by atoms with E-state index >= 15 is 0 Å². The smallest absolute Gasteiger partial charge is 0.302 e. The second-order valence-electron chi connectivity index (χ2n) is 8.77. The van der Waals surface area contributed by atoms with Crippen LogP contribution in [0.4, 0.5) is 11.4 Å². The third kappa shape index (κ3) is 5.46. The van der Waals surface area contributed by atoms with Crippen molar-refractivity contribution >= 4 is 56.6 Å². The molecular weight excluding hydrogens is 518 g/mol. The van der Waals surface area contributed by atoms with E-state index in [0.29, 0.717) is 44.4 Å². The summed E-state index contributed by atoms with van der Waals surface area (Å²) >= 11 is 6.32. The van der Waals surface area contributed by atoms with E-state index in [2.05, 4.69) is 15.3 Å². The molecule has 9 heteroatoms. The summed E-state index contributed by atoms with van der Waals surface area (Å²) in [5, 5.41) is 5.82. The first kappa shape index (κ1) is 25.9. The monoisotopic (exact) mass is 541 g/mol. The van der Waals surface area contributed by atoms with Crippen molar-refractivity contribution in [2.75, 3.05) is 12.4 Å². The molecule has 0 spiro atoms. The third-order valence-electron chi connectivity index (χ3n) is 6.13. The van der Waals surface area contributed by atoms with Gasteiger partial charge in [0.25, 0.3) is 5.91 Å². The molecule has 0 fully saturated rings. The van der Waals surface area contributed by atoms with Crippen LogP contribution in [0, 0.1) is 6.92 Å². The molecule has 0 aliphatic carbocycles. The number of aromatic nitrogens is 1. The number of carbonyl (C=O) groups is 2. The van der Waals surface area contributed by atoms with Crippen molar-refractivity contribution < 1.29 is 23.5 Å². The Kier molecular flexibility index (Phi) is 7.29. The molecule has 0 atom stereocenters. The van der Waals surface area contributed by atoms with Gasteiger partial charge in [-0.1, -0.05) is 48.0 Å². The Labute approximate surface area is 228 Å². The van der Waals surface area contributed by atoms with Gasteiger partial charge in [-0.2, -0.15) is 0 Å². The van der Waals surface area contributed by atoms with Gasteiger partial charge in [0.15, 0.2) is 5.58 Å². The Morgan fingerprint density at radius 3 is 2.62 bits per heavy atom. The first-order valence-corrected chi connectivity index (χ1v) is 12.4. The van der Waals surface area contributed by atoms with Crippen LogP contribution >= 0.6 is 11.6 Å². The molecule has 0 unspecified atom stereocenters. The minimum absolute atomic E-state index is 0.0242. The molecule has 2 aromatic heterocycles. The van der Waals surface area contributed by atoms with E-state index < -0.39 is 11.9 Å². The van der Waals surface area contributed by atoms with Gasteiger partial charge in [0.1, 0.15) is 17.9 Å². The van der Waals surface area contributed by atoms with Gasteiger partial charge in [-0.15, -0.1) is 0 Å². The molecule has 5 aromatic rings. The maximum Gasteiger partial charge on any atom is 0.302 e. The van der Waals surface area contributed by atoms with E-state index in [1.165, 1.54) is 14.0 Å². The number of esters is 1. The second kappa shape index (κ2) is 11.0. The lowest BCUT2D eigenvalue weighted by Gasteiger charge is -2.12. The summed E-state index contributed by atoms with van der Waals surface area (Å²) in [6.45, 7) is 3.09. The number of methoxy groups -OCH3 is 1. The van der Waals surface area contributed by atoms with Gasteiger partial charge in [-0.05, 0) is 42.6 Å². The lowest BCUT2D eigenvalue weighted by atomic mass is 10.1. The van der Waals surface area contributed by atoms with Crippen molar-refractivity contribution in [3.8, 4) is 5.75 Å². The van der Waals surface area contributed by atoms with Gasteiger partial charge >= 0.3 is 5.97 Å². The Balaban J connectivity index is 1.69. The van der Waals surface area contributed by atoms with Crippen LogP contribution in [0.3, 0.4) is 0 Å². The fourth-order valence-corrected chi connectivity index (χ4v) is 4.45. The molecule has 1 N–H and O–H groups in total. The van der Waals surface area contributed by atoms with Crippen LogP contribution in [0.2, 0.25) is 5.02 Å². The summed E-state index contributed by atoms with van der Waals surface area (Å²) in [7, 11) is 1.52. The number of carbonyl (C=O) groups excluding carboxylic acids is 2. The first-order valence-electron chi connectivity index (χ1n) is 12.1. The van der Waals surface area contributed by atoms with Gasteiger partial charge in [0, 0.05) is 35.1 Å². The Hall–Kier alpha value is -4.69. The molecule has 0 bridgehead atoms. The molecule has 3 aromatic carbocycles. The number of nitrogens with one attached hydrogen (secondary N) is 1. The van der Waals surface area contributed by atoms with Gasteiger partial charge < -0.3 is 19.2 Å². The number of aryl methyl sites for hydroxylation is 1. The predicted octanol–water partition coefficient (Wildman–Crippen LogP) is 6.50. The van der Waals surface area contributed by atoms with Gasteiger partial charge in [-0.25, -0.2) is 4.99 Å². The van der Waals surface area contributed by atoms with Gasteiger partial charge in [0.2, 0.25) is 5.55 Å². The third-order valence-corrected chi connectivity index (χ3v) is 6.43. The van der Waals surface area contributed by atoms with Crippen LogP contribution in [0.15, 0.2) is 82.3 Å². The molecule has 8 nitrogen and oxygen atoms in total. The zero-order chi connectivity index (χ0) is 27.5. The van der Waals surface area contributed by atoms with Crippen molar-refractivity contribution in [2.45, 2.75) is 20.5 Å². The standard InChI is InChI=1S/C30H24ClN3O5/c1-17-28-23(20(15-32-17)16-38-18(2)35)14-24(30(39-28)33-21-11-12-27(37-3)25(31)13-21)29(36)34-26-10-6-8-19-7-4-5-9-22(19)26/h4-15H,16H2,1-3H3,(H,34,36). The molecule has 0 aliphatic rings. The van der Waals surface area contributed by atoms with E-state index in [0.717, 1.165) is 10.8 Å². The molecule has 2 heterocycles. The number of hydrogen-bond donors (Lipinski definition) is 1. The van der Waals surface area contributed by atoms with Crippen LogP contribution in [0.1, 0.15) is 28.5 Å². The van der Waals surface area contributed by atoms with Crippen molar-refractivity contribution in [2.24, 2.45) is 4.99 Å². The van der Waals surface area contributed by atoms with Crippen molar-refractivity contribution in [1.29, 1.82) is 0 Å². The molecule has 39 heavy (non-hydrogen) atoms. The number of hydrogen-bond acceptors (Lipinski definition) is 7. The Morgan fingerprint density at radius 1 is 1.05 bits per heavy atom. The average Bonchev–Trinajstić information content (AvgIpc) is 2.93. The Bertz CT molecular complexity index is 1810. The largest absolute Gasteiger partial charge is 0.495 e. The number of amides is 1. The molecule has 0 saturated heterocycles. The quantitative estimate of drug-likeness (QED) is 0.246. The average molecular weight is 542 g/mol. The van der Waals surface area contributed by atoms with Crippen LogP contribution < -0.4 is 15.6 Å². The molecule has 5 rings (SSSR count). The Morgan fingerprint density at radius 2 is 1.85 bits per heavy atom. The van der Waals surface area contributed by atoms with Crippen LogP contribution in [-0.4, -0.2) is 24.0 Å². The fourth-order valence-electron chi connectivity index (χ4n) is 4.19. The van der Waals surface area contributed by atoms with Gasteiger partial charge in [0.05, 0.1) is 23.5 Å². The normalized spacial score (nSPS) is 11.5. The van der Waals surface area contributed by atoms with Crippen molar-refractivity contribution in [3.63, 3.8) is 0 Å². The number of anilines is 1. The lowest BCUT2D eigenvalue weighted by molar-refractivity contribution is -0.142. The highest BCUT2D eigenvalue weighted by Gasteiger charge is 2.18. The number of halogens is 1. The molecular formula is C30H24ClN3O5. The van der Waals surface area contributed by atoms with E-state index in [1.54, 1.807) is 37.4 Å². The van der Waals surface area contributed by atoms with E-state index in [1.807, 2.05) is 42.5 Å². The minimum atomic E-state index is -0.433. The summed E-state index contributed by atoms with van der Waals surface area (Å²) in [5.74, 6) is -0.365. The summed E-state index contributed by atoms with van der Waals surface area (Å²) in [4.78, 5) is 34.2. The van der Waals surface area contributed by atoms with E-state index in [9.17, 15) is 9.59 Å². The van der Waals surface area contributed by atoms with Crippen LogP contribution in [-0.2, 0) is 16.1 Å². The number of pyridine rings is 1. The highest BCUT2D eigenvalue weighted by Crippen LogP contribution is 2.29. The summed E-state index contributed by atoms with van der Waals surface area (Å²) < 4.78 is 16.7. The predicted molar refractivity (Wildman–Crippen MR) is 149 cm³/mol. The second-order valence-corrected chi connectivity index (χ2v) is 9.18. The van der Waals surface area contributed by atoms with Crippen LogP contribution in [0.5, 0.6) is 5.75 Å². The zero-order valence-corrected chi connectivity index (χ0v) is 22.2. The highest BCUT2D eigenvalue weighted by molar-refractivity contribution is 6.32. The summed E-state index contributed by atoms with van der Waals surface area (Å²) in [6.07, 6.45) is 1.60. The first-order chi connectivity index (χ1) is 18.8. The van der Waals surface area contributed by atoms with Crippen molar-refractivity contribution in [1.82, 2.24) is 4.98 Å². The topological polar surface area (TPSA) is 103 Å². The fraction of sp³-hybridized carbons (Fsp3) is 0.133. The number of fused-ring (bicyclic) bond motifs is 2. The SMILES string of the molecule is COc1ccc(N=c2oc3c(C)ncc(COC(C)=O)c3cc2C(=O)Nc2cccc3ccccc23)cc1Cl. The lowest BCUT2D eigenvalue weighted by Crippen LogP contribution is -2.22. The molecule has 0 radical (unpaired) electrons. The van der Waals surface area contributed by atoms with E-state index in [4.69, 9.17) is 25.5 Å². The number of ether oxygens (including phenoxy) is 2. The maximum atomic E-state index is 13.8. The number of nitrogens with zero attached hydrogens (tertiary/aromatic N) is 2. The highest BCUT2D eigenvalue weighted by atomic mass is 35.5. The molecule has 0 saturated carbocycles.